The van der Waals surface area contributed by atoms with E-state index in [1.165, 1.54) is 11.3 Å². The molecule has 2 N–H and O–H groups in total. The third kappa shape index (κ3) is 1.22. The van der Waals surface area contributed by atoms with Gasteiger partial charge in [0, 0.05) is 10.3 Å². The van der Waals surface area contributed by atoms with Gasteiger partial charge in [-0.15, -0.1) is 24.0 Å². The zero-order chi connectivity index (χ0) is 9.42. The molecule has 0 spiro atoms. The maximum atomic E-state index is 10.7. The van der Waals surface area contributed by atoms with Crippen molar-refractivity contribution >= 4 is 45.3 Å². The number of carbonyl (C=O) groups excluding carboxylic acids is 1. The molecule has 0 saturated carbocycles. The molecule has 2 nitrogen and oxygen atoms in total. The van der Waals surface area contributed by atoms with Crippen molar-refractivity contribution in [3.8, 4) is 0 Å². The SMILES string of the molecule is Nc1sc2c(S)cccc2c1C=O. The molecule has 0 amide bonds. The standard InChI is InChI=1S/C9H7NOS2/c10-9-6(4-11)5-2-1-3-7(12)8(5)13-9/h1-4,12H,10H2. The number of thiol groups is 1. The molecule has 0 saturated heterocycles. The highest BCUT2D eigenvalue weighted by Gasteiger charge is 2.09. The van der Waals surface area contributed by atoms with E-state index >= 15 is 0 Å². The summed E-state index contributed by atoms with van der Waals surface area (Å²) < 4.78 is 0.977. The van der Waals surface area contributed by atoms with E-state index in [-0.39, 0.29) is 0 Å². The fraction of sp³-hybridized carbons (Fsp3) is 0. The van der Waals surface area contributed by atoms with Gasteiger partial charge in [-0.3, -0.25) is 4.79 Å². The Morgan fingerprint density at radius 2 is 2.23 bits per heavy atom. The van der Waals surface area contributed by atoms with Crippen molar-refractivity contribution in [1.29, 1.82) is 0 Å². The number of aldehydes is 1. The van der Waals surface area contributed by atoms with Crippen molar-refractivity contribution < 1.29 is 4.79 Å². The average Bonchev–Trinajstić information content (AvgIpc) is 2.43. The molecule has 0 aliphatic rings. The zero-order valence-corrected chi connectivity index (χ0v) is 8.36. The Morgan fingerprint density at radius 1 is 1.46 bits per heavy atom. The Balaban J connectivity index is 2.93. The van der Waals surface area contributed by atoms with Crippen LogP contribution in [0.1, 0.15) is 10.4 Å². The summed E-state index contributed by atoms with van der Waals surface area (Å²) in [4.78, 5) is 11.6. The van der Waals surface area contributed by atoms with Crippen LogP contribution in [0, 0.1) is 0 Å². The van der Waals surface area contributed by atoms with Crippen LogP contribution in [0.4, 0.5) is 5.00 Å². The van der Waals surface area contributed by atoms with Gasteiger partial charge in [0.25, 0.3) is 0 Å². The Bertz CT molecular complexity index is 476. The van der Waals surface area contributed by atoms with Gasteiger partial charge in [-0.2, -0.15) is 0 Å². The predicted octanol–water partition coefficient (Wildman–Crippen LogP) is 2.58. The number of hydrogen-bond donors (Lipinski definition) is 2. The van der Waals surface area contributed by atoms with Gasteiger partial charge >= 0.3 is 0 Å². The third-order valence-corrected chi connectivity index (χ3v) is 3.49. The quantitative estimate of drug-likeness (QED) is 0.560. The van der Waals surface area contributed by atoms with Crippen molar-refractivity contribution in [3.05, 3.63) is 23.8 Å². The highest BCUT2D eigenvalue weighted by Crippen LogP contribution is 2.35. The van der Waals surface area contributed by atoms with Gasteiger partial charge in [0.1, 0.15) is 0 Å². The van der Waals surface area contributed by atoms with Gasteiger partial charge in [0.05, 0.1) is 15.3 Å². The molecule has 0 atom stereocenters. The van der Waals surface area contributed by atoms with Crippen LogP contribution in [0.3, 0.4) is 0 Å². The van der Waals surface area contributed by atoms with Gasteiger partial charge in [0.15, 0.2) is 6.29 Å². The maximum absolute atomic E-state index is 10.7. The van der Waals surface area contributed by atoms with Crippen molar-refractivity contribution in [1.82, 2.24) is 0 Å². The minimum Gasteiger partial charge on any atom is -0.390 e. The lowest BCUT2D eigenvalue weighted by Gasteiger charge is -1.92. The number of benzene rings is 1. The summed E-state index contributed by atoms with van der Waals surface area (Å²) >= 11 is 5.69. The molecular weight excluding hydrogens is 202 g/mol. The van der Waals surface area contributed by atoms with E-state index in [1.807, 2.05) is 18.2 Å². The molecule has 1 heterocycles. The van der Waals surface area contributed by atoms with E-state index in [2.05, 4.69) is 12.6 Å². The van der Waals surface area contributed by atoms with Gasteiger partial charge in [-0.1, -0.05) is 12.1 Å². The monoisotopic (exact) mass is 209 g/mol. The third-order valence-electron chi connectivity index (χ3n) is 1.88. The molecule has 1 aromatic heterocycles. The number of rotatable bonds is 1. The number of thiophene rings is 1. The average molecular weight is 209 g/mol. The van der Waals surface area contributed by atoms with Crippen LogP contribution in [0.2, 0.25) is 0 Å². The first-order valence-corrected chi connectivity index (χ1v) is 4.95. The number of carbonyl (C=O) groups is 1. The van der Waals surface area contributed by atoms with E-state index in [4.69, 9.17) is 5.73 Å². The van der Waals surface area contributed by atoms with Gasteiger partial charge in [0.2, 0.25) is 0 Å². The molecule has 2 aromatic rings. The molecule has 0 unspecified atom stereocenters. The highest BCUT2D eigenvalue weighted by atomic mass is 32.1. The Hall–Kier alpha value is -1.00. The minimum absolute atomic E-state index is 0.562. The van der Waals surface area contributed by atoms with E-state index < -0.39 is 0 Å². The smallest absolute Gasteiger partial charge is 0.153 e. The predicted molar refractivity (Wildman–Crippen MR) is 58.9 cm³/mol. The molecule has 66 valence electrons. The zero-order valence-electron chi connectivity index (χ0n) is 6.65. The molecule has 0 bridgehead atoms. The number of nitrogen functional groups attached to an aromatic ring is 1. The summed E-state index contributed by atoms with van der Waals surface area (Å²) in [5.41, 5.74) is 6.27. The fourth-order valence-corrected chi connectivity index (χ4v) is 2.56. The van der Waals surface area contributed by atoms with E-state index in [1.54, 1.807) is 0 Å². The molecule has 4 heteroatoms. The molecular formula is C9H7NOS2. The summed E-state index contributed by atoms with van der Waals surface area (Å²) in [7, 11) is 0. The number of hydrogen-bond acceptors (Lipinski definition) is 4. The van der Waals surface area contributed by atoms with Crippen LogP contribution in [0.25, 0.3) is 10.1 Å². The summed E-state index contributed by atoms with van der Waals surface area (Å²) in [6.07, 6.45) is 0.793. The van der Waals surface area contributed by atoms with E-state index in [0.29, 0.717) is 10.6 Å². The topological polar surface area (TPSA) is 43.1 Å². The molecule has 13 heavy (non-hydrogen) atoms. The molecule has 0 radical (unpaired) electrons. The second-order valence-electron chi connectivity index (χ2n) is 2.65. The Labute approximate surface area is 84.8 Å². The molecule has 2 rings (SSSR count). The lowest BCUT2D eigenvalue weighted by atomic mass is 10.2. The summed E-state index contributed by atoms with van der Waals surface area (Å²) in [5.74, 6) is 0. The Morgan fingerprint density at radius 3 is 2.92 bits per heavy atom. The number of anilines is 1. The van der Waals surface area contributed by atoms with Crippen molar-refractivity contribution in [2.45, 2.75) is 4.90 Å². The first-order valence-electron chi connectivity index (χ1n) is 3.69. The second-order valence-corrected chi connectivity index (χ2v) is 4.19. The summed E-state index contributed by atoms with van der Waals surface area (Å²) in [5, 5.41) is 1.46. The molecule has 1 aromatic carbocycles. The summed E-state index contributed by atoms with van der Waals surface area (Å²) in [6.45, 7) is 0. The van der Waals surface area contributed by atoms with E-state index in [9.17, 15) is 4.79 Å². The first kappa shape index (κ1) is 8.59. The minimum atomic E-state index is 0.562. The van der Waals surface area contributed by atoms with Crippen LogP contribution in [-0.4, -0.2) is 6.29 Å². The van der Waals surface area contributed by atoms with Crippen LogP contribution >= 0.6 is 24.0 Å². The largest absolute Gasteiger partial charge is 0.390 e. The van der Waals surface area contributed by atoms with Gasteiger partial charge in [-0.05, 0) is 6.07 Å². The highest BCUT2D eigenvalue weighted by molar-refractivity contribution is 7.80. The normalized spacial score (nSPS) is 10.5. The fourth-order valence-electron chi connectivity index (χ4n) is 1.26. The van der Waals surface area contributed by atoms with Crippen molar-refractivity contribution in [2.24, 2.45) is 0 Å². The number of nitrogens with two attached hydrogens (primary N) is 1. The van der Waals surface area contributed by atoms with Crippen molar-refractivity contribution in [3.63, 3.8) is 0 Å². The van der Waals surface area contributed by atoms with Crippen LogP contribution in [0.15, 0.2) is 23.1 Å². The first-order chi connectivity index (χ1) is 6.24. The lowest BCUT2D eigenvalue weighted by molar-refractivity contribution is 0.112. The molecule has 0 aliphatic heterocycles. The van der Waals surface area contributed by atoms with Crippen LogP contribution < -0.4 is 5.73 Å². The lowest BCUT2D eigenvalue weighted by Crippen LogP contribution is -1.85. The van der Waals surface area contributed by atoms with Crippen LogP contribution in [-0.2, 0) is 0 Å². The maximum Gasteiger partial charge on any atom is 0.153 e. The molecule has 0 aliphatic carbocycles. The number of fused-ring (bicyclic) bond motifs is 1. The molecule has 0 fully saturated rings. The van der Waals surface area contributed by atoms with Gasteiger partial charge < -0.3 is 5.73 Å². The van der Waals surface area contributed by atoms with Crippen LogP contribution in [0.5, 0.6) is 0 Å². The van der Waals surface area contributed by atoms with Gasteiger partial charge in [-0.25, -0.2) is 0 Å². The second kappa shape index (κ2) is 3.05. The van der Waals surface area contributed by atoms with Crippen molar-refractivity contribution in [2.75, 3.05) is 5.73 Å². The van der Waals surface area contributed by atoms with E-state index in [0.717, 1.165) is 21.3 Å². The summed E-state index contributed by atoms with van der Waals surface area (Å²) in [6, 6.07) is 5.63. The Kier molecular flexibility index (Phi) is 2.01.